The van der Waals surface area contributed by atoms with E-state index in [-0.39, 0.29) is 5.82 Å². The Kier molecular flexibility index (Phi) is 4.69. The molecule has 2 aromatic carbocycles. The second kappa shape index (κ2) is 7.79. The number of halogens is 1. The van der Waals surface area contributed by atoms with Crippen LogP contribution in [0.5, 0.6) is 5.75 Å². The molecule has 0 N–H and O–H groups in total. The average Bonchev–Trinajstić information content (AvgIpc) is 3.18. The molecule has 0 atom stereocenters. The zero-order chi connectivity index (χ0) is 20.3. The molecule has 0 aliphatic heterocycles. The number of hydrogen-bond donors (Lipinski definition) is 0. The van der Waals surface area contributed by atoms with Gasteiger partial charge in [0.05, 0.1) is 11.4 Å². The van der Waals surface area contributed by atoms with Crippen LogP contribution in [0.15, 0.2) is 97.3 Å². The van der Waals surface area contributed by atoms with Crippen LogP contribution < -0.4 is 4.74 Å². The van der Waals surface area contributed by atoms with Crippen LogP contribution in [0.2, 0.25) is 0 Å². The molecule has 0 unspecified atom stereocenters. The van der Waals surface area contributed by atoms with Gasteiger partial charge in [-0.2, -0.15) is 0 Å². The molecule has 3 aromatic heterocycles. The fourth-order valence-corrected chi connectivity index (χ4v) is 3.43. The van der Waals surface area contributed by atoms with Crippen molar-refractivity contribution in [3.05, 3.63) is 109 Å². The van der Waals surface area contributed by atoms with Gasteiger partial charge in [-0.3, -0.25) is 9.38 Å². The summed E-state index contributed by atoms with van der Waals surface area (Å²) < 4.78 is 21.6. The van der Waals surface area contributed by atoms with Crippen LogP contribution in [0.3, 0.4) is 0 Å². The van der Waals surface area contributed by atoms with Gasteiger partial charge in [0.1, 0.15) is 29.5 Å². The quantitative estimate of drug-likeness (QED) is 0.379. The highest BCUT2D eigenvalue weighted by Gasteiger charge is 2.17. The summed E-state index contributed by atoms with van der Waals surface area (Å²) in [5.74, 6) is 0.443. The van der Waals surface area contributed by atoms with Crippen LogP contribution in [0.25, 0.3) is 28.3 Å². The first-order valence-electron chi connectivity index (χ1n) is 9.64. The van der Waals surface area contributed by atoms with Crippen LogP contribution in [0.1, 0.15) is 5.56 Å². The number of imidazole rings is 1. The van der Waals surface area contributed by atoms with E-state index in [2.05, 4.69) is 4.98 Å². The minimum absolute atomic E-state index is 0.323. The van der Waals surface area contributed by atoms with E-state index in [9.17, 15) is 4.39 Å². The third-order valence-electron chi connectivity index (χ3n) is 4.87. The average molecular weight is 395 g/mol. The summed E-state index contributed by atoms with van der Waals surface area (Å²) in [4.78, 5) is 9.14. The lowest BCUT2D eigenvalue weighted by Gasteiger charge is -2.09. The molecule has 0 fully saturated rings. The summed E-state index contributed by atoms with van der Waals surface area (Å²) in [5.41, 5.74) is 4.91. The number of hydrogen-bond acceptors (Lipinski definition) is 3. The molecule has 5 heteroatoms. The smallest absolute Gasteiger partial charge is 0.139 e. The van der Waals surface area contributed by atoms with Gasteiger partial charge in [0.15, 0.2) is 0 Å². The zero-order valence-corrected chi connectivity index (χ0v) is 16.1. The van der Waals surface area contributed by atoms with Crippen molar-refractivity contribution in [3.63, 3.8) is 0 Å². The topological polar surface area (TPSA) is 39.4 Å². The number of pyridine rings is 2. The maximum absolute atomic E-state index is 14.0. The normalized spacial score (nSPS) is 11.0. The molecule has 146 valence electrons. The Hall–Kier alpha value is -3.99. The molecule has 0 amide bonds. The Morgan fingerprint density at radius 1 is 0.833 bits per heavy atom. The van der Waals surface area contributed by atoms with Crippen LogP contribution in [0.4, 0.5) is 4.39 Å². The first kappa shape index (κ1) is 18.1. The van der Waals surface area contributed by atoms with Crippen molar-refractivity contribution in [2.75, 3.05) is 0 Å². The summed E-state index contributed by atoms with van der Waals surface area (Å²) in [6.45, 7) is 0.500. The van der Waals surface area contributed by atoms with Crippen molar-refractivity contribution in [1.82, 2.24) is 14.4 Å². The fourth-order valence-electron chi connectivity index (χ4n) is 3.43. The van der Waals surface area contributed by atoms with Crippen molar-refractivity contribution in [2.45, 2.75) is 6.61 Å². The lowest BCUT2D eigenvalue weighted by Crippen LogP contribution is -1.95. The maximum atomic E-state index is 14.0. The molecule has 4 nitrogen and oxygen atoms in total. The van der Waals surface area contributed by atoms with Gasteiger partial charge in [0.2, 0.25) is 0 Å². The van der Waals surface area contributed by atoms with E-state index in [0.717, 1.165) is 28.3 Å². The van der Waals surface area contributed by atoms with Gasteiger partial charge in [0, 0.05) is 18.0 Å². The summed E-state index contributed by atoms with van der Waals surface area (Å²) in [5, 5.41) is 0. The van der Waals surface area contributed by atoms with Gasteiger partial charge >= 0.3 is 0 Å². The highest BCUT2D eigenvalue weighted by molar-refractivity contribution is 5.80. The van der Waals surface area contributed by atoms with Crippen LogP contribution in [-0.2, 0) is 6.61 Å². The molecule has 0 aliphatic rings. The molecule has 5 rings (SSSR count). The van der Waals surface area contributed by atoms with Gasteiger partial charge in [0.25, 0.3) is 0 Å². The molecule has 30 heavy (non-hydrogen) atoms. The van der Waals surface area contributed by atoms with Crippen molar-refractivity contribution in [2.24, 2.45) is 0 Å². The van der Waals surface area contributed by atoms with Crippen LogP contribution in [-0.4, -0.2) is 14.4 Å². The molecule has 0 spiro atoms. The minimum atomic E-state index is -0.323. The highest BCUT2D eigenvalue weighted by atomic mass is 19.1. The molecule has 0 saturated carbocycles. The van der Waals surface area contributed by atoms with E-state index in [0.29, 0.717) is 17.9 Å². The molecule has 5 aromatic rings. The van der Waals surface area contributed by atoms with Crippen molar-refractivity contribution >= 4 is 5.65 Å². The Labute approximate surface area is 173 Å². The van der Waals surface area contributed by atoms with Crippen molar-refractivity contribution in [1.29, 1.82) is 0 Å². The first-order valence-corrected chi connectivity index (χ1v) is 9.64. The van der Waals surface area contributed by atoms with E-state index >= 15 is 0 Å². The Bertz CT molecular complexity index is 1280. The summed E-state index contributed by atoms with van der Waals surface area (Å²) in [6.07, 6.45) is 3.17. The maximum Gasteiger partial charge on any atom is 0.139 e. The standard InChI is InChI=1S/C25H18FN3O/c26-20-11-14-23-28-24(22-8-4-5-15-27-22)25(29(23)16-20)19-9-12-21(13-10-19)30-17-18-6-2-1-3-7-18/h1-16H,17H2. The van der Waals surface area contributed by atoms with E-state index < -0.39 is 0 Å². The van der Waals surface area contributed by atoms with Gasteiger partial charge in [-0.05, 0) is 54.1 Å². The summed E-state index contributed by atoms with van der Waals surface area (Å²) >= 11 is 0. The Morgan fingerprint density at radius 2 is 1.63 bits per heavy atom. The van der Waals surface area contributed by atoms with Gasteiger partial charge in [-0.15, -0.1) is 0 Å². The molecular formula is C25H18FN3O. The molecule has 0 bridgehead atoms. The summed E-state index contributed by atoms with van der Waals surface area (Å²) in [7, 11) is 0. The fraction of sp³-hybridized carbons (Fsp3) is 0.0400. The molecule has 0 saturated heterocycles. The number of rotatable bonds is 5. The minimum Gasteiger partial charge on any atom is -0.489 e. The second-order valence-corrected chi connectivity index (χ2v) is 6.90. The number of nitrogens with zero attached hydrogens (tertiary/aromatic N) is 3. The first-order chi connectivity index (χ1) is 14.8. The van der Waals surface area contributed by atoms with E-state index in [4.69, 9.17) is 9.72 Å². The number of benzene rings is 2. The predicted molar refractivity (Wildman–Crippen MR) is 115 cm³/mol. The van der Waals surface area contributed by atoms with Gasteiger partial charge < -0.3 is 4.74 Å². The van der Waals surface area contributed by atoms with E-state index in [1.807, 2.05) is 72.8 Å². The van der Waals surface area contributed by atoms with Crippen molar-refractivity contribution < 1.29 is 9.13 Å². The highest BCUT2D eigenvalue weighted by Crippen LogP contribution is 2.33. The predicted octanol–water partition coefficient (Wildman–Crippen LogP) is 5.78. The van der Waals surface area contributed by atoms with Gasteiger partial charge in [-0.1, -0.05) is 36.4 Å². The van der Waals surface area contributed by atoms with E-state index in [1.54, 1.807) is 16.7 Å². The SMILES string of the molecule is Fc1ccc2nc(-c3ccccn3)c(-c3ccc(OCc4ccccc4)cc3)n2c1. The third-order valence-corrected chi connectivity index (χ3v) is 4.87. The largest absolute Gasteiger partial charge is 0.489 e. The van der Waals surface area contributed by atoms with E-state index in [1.165, 1.54) is 12.3 Å². The number of aromatic nitrogens is 3. The monoisotopic (exact) mass is 395 g/mol. The third kappa shape index (κ3) is 3.53. The lowest BCUT2D eigenvalue weighted by molar-refractivity contribution is 0.306. The number of ether oxygens (including phenoxy) is 1. The molecule has 0 aliphatic carbocycles. The van der Waals surface area contributed by atoms with Crippen LogP contribution >= 0.6 is 0 Å². The molecule has 0 radical (unpaired) electrons. The van der Waals surface area contributed by atoms with Crippen LogP contribution in [0, 0.1) is 5.82 Å². The molecule has 3 heterocycles. The number of fused-ring (bicyclic) bond motifs is 1. The Morgan fingerprint density at radius 3 is 2.40 bits per heavy atom. The Balaban J connectivity index is 1.53. The lowest BCUT2D eigenvalue weighted by atomic mass is 10.1. The second-order valence-electron chi connectivity index (χ2n) is 6.90. The van der Waals surface area contributed by atoms with Gasteiger partial charge in [-0.25, -0.2) is 9.37 Å². The zero-order valence-electron chi connectivity index (χ0n) is 16.1. The van der Waals surface area contributed by atoms with Crippen molar-refractivity contribution in [3.8, 4) is 28.4 Å². The summed E-state index contributed by atoms with van der Waals surface area (Å²) in [6, 6.07) is 26.5. The molecular weight excluding hydrogens is 377 g/mol.